The van der Waals surface area contributed by atoms with Crippen LogP contribution in [-0.4, -0.2) is 19.6 Å². The monoisotopic (exact) mass is 207 g/mol. The lowest BCUT2D eigenvalue weighted by molar-refractivity contribution is -0.141. The molecule has 0 spiro atoms. The van der Waals surface area contributed by atoms with E-state index in [2.05, 4.69) is 10.8 Å². The number of carbonyl (C=O) groups is 1. The number of methoxy groups -OCH3 is 1. The molecule has 0 aliphatic heterocycles. The third-order valence-corrected chi connectivity index (χ3v) is 2.44. The van der Waals surface area contributed by atoms with Crippen molar-refractivity contribution in [3.8, 4) is 0 Å². The Balaban J connectivity index is 2.78. The first kappa shape index (κ1) is 11.7. The van der Waals surface area contributed by atoms with Gasteiger partial charge in [0, 0.05) is 5.92 Å². The molecule has 0 bridgehead atoms. The molecular formula is C12H17NO2. The van der Waals surface area contributed by atoms with Gasteiger partial charge in [-0.2, -0.15) is 0 Å². The topological polar surface area (TPSA) is 52.3 Å². The Morgan fingerprint density at radius 3 is 2.80 bits per heavy atom. The molecule has 0 amide bonds. The Kier molecular flexibility index (Phi) is 4.31. The molecule has 0 radical (unpaired) electrons. The zero-order valence-electron chi connectivity index (χ0n) is 9.19. The normalized spacial score (nSPS) is 12.2. The second kappa shape index (κ2) is 5.51. The number of aryl methyl sites for hydroxylation is 1. The number of rotatable bonds is 4. The number of hydrogen-bond donors (Lipinski definition) is 1. The summed E-state index contributed by atoms with van der Waals surface area (Å²) in [4.78, 5) is 11.2. The average molecular weight is 207 g/mol. The van der Waals surface area contributed by atoms with Crippen molar-refractivity contribution in [3.63, 3.8) is 0 Å². The van der Waals surface area contributed by atoms with Crippen molar-refractivity contribution < 1.29 is 9.53 Å². The molecule has 2 N–H and O–H groups in total. The molecular weight excluding hydrogens is 190 g/mol. The van der Waals surface area contributed by atoms with E-state index < -0.39 is 0 Å². The van der Waals surface area contributed by atoms with Gasteiger partial charge in [0.1, 0.15) is 0 Å². The largest absolute Gasteiger partial charge is 0.469 e. The average Bonchev–Trinajstić information content (AvgIpc) is 2.25. The van der Waals surface area contributed by atoms with Crippen LogP contribution in [0.15, 0.2) is 24.3 Å². The summed E-state index contributed by atoms with van der Waals surface area (Å²) in [6.07, 6.45) is 0.344. The summed E-state index contributed by atoms with van der Waals surface area (Å²) in [7, 11) is 1.39. The molecule has 0 saturated carbocycles. The summed E-state index contributed by atoms with van der Waals surface area (Å²) in [5.74, 6) is -0.163. The van der Waals surface area contributed by atoms with E-state index in [9.17, 15) is 4.79 Å². The van der Waals surface area contributed by atoms with Gasteiger partial charge >= 0.3 is 5.97 Å². The predicted molar refractivity (Wildman–Crippen MR) is 59.6 cm³/mol. The lowest BCUT2D eigenvalue weighted by Gasteiger charge is -2.14. The molecule has 0 aromatic heterocycles. The third-order valence-electron chi connectivity index (χ3n) is 2.44. The van der Waals surface area contributed by atoms with Crippen LogP contribution in [0.1, 0.15) is 23.5 Å². The molecule has 15 heavy (non-hydrogen) atoms. The van der Waals surface area contributed by atoms with Crippen LogP contribution in [0.4, 0.5) is 0 Å². The second-order valence-corrected chi connectivity index (χ2v) is 3.63. The van der Waals surface area contributed by atoms with Gasteiger partial charge in [0.15, 0.2) is 0 Å². The predicted octanol–water partition coefficient (Wildman–Crippen LogP) is 1.60. The van der Waals surface area contributed by atoms with Gasteiger partial charge in [-0.05, 0) is 19.0 Å². The minimum Gasteiger partial charge on any atom is -0.469 e. The minimum absolute atomic E-state index is 0.0531. The first-order valence-corrected chi connectivity index (χ1v) is 5.00. The maximum atomic E-state index is 11.2. The highest BCUT2D eigenvalue weighted by Crippen LogP contribution is 2.19. The van der Waals surface area contributed by atoms with Gasteiger partial charge in [0.2, 0.25) is 0 Å². The molecule has 1 atom stereocenters. The van der Waals surface area contributed by atoms with Gasteiger partial charge < -0.3 is 10.5 Å². The molecule has 0 aliphatic rings. The third kappa shape index (κ3) is 3.36. The number of nitrogens with two attached hydrogens (primary N) is 1. The van der Waals surface area contributed by atoms with Gasteiger partial charge in [0.05, 0.1) is 13.5 Å². The number of benzene rings is 1. The number of hydrogen-bond acceptors (Lipinski definition) is 3. The molecule has 1 aromatic rings. The van der Waals surface area contributed by atoms with Crippen molar-refractivity contribution in [2.45, 2.75) is 19.3 Å². The van der Waals surface area contributed by atoms with Gasteiger partial charge in [-0.3, -0.25) is 4.79 Å². The molecule has 1 rings (SSSR count). The Morgan fingerprint density at radius 1 is 1.53 bits per heavy atom. The zero-order valence-corrected chi connectivity index (χ0v) is 9.19. The summed E-state index contributed by atoms with van der Waals surface area (Å²) in [5, 5.41) is 0. The van der Waals surface area contributed by atoms with Gasteiger partial charge in [0.25, 0.3) is 0 Å². The molecule has 0 heterocycles. The smallest absolute Gasteiger partial charge is 0.306 e. The van der Waals surface area contributed by atoms with Gasteiger partial charge in [-0.15, -0.1) is 0 Å². The highest BCUT2D eigenvalue weighted by molar-refractivity contribution is 5.70. The summed E-state index contributed by atoms with van der Waals surface area (Å²) in [5.41, 5.74) is 7.93. The van der Waals surface area contributed by atoms with Crippen LogP contribution in [0.3, 0.4) is 0 Å². The number of carbonyl (C=O) groups excluding carboxylic acids is 1. The van der Waals surface area contributed by atoms with Crippen LogP contribution in [-0.2, 0) is 9.53 Å². The second-order valence-electron chi connectivity index (χ2n) is 3.63. The Morgan fingerprint density at radius 2 is 2.27 bits per heavy atom. The Hall–Kier alpha value is -1.35. The van der Waals surface area contributed by atoms with E-state index in [1.807, 2.05) is 25.1 Å². The van der Waals surface area contributed by atoms with Crippen LogP contribution in [0, 0.1) is 6.92 Å². The Labute approximate surface area is 90.2 Å². The van der Waals surface area contributed by atoms with Crippen molar-refractivity contribution >= 4 is 5.97 Å². The van der Waals surface area contributed by atoms with Crippen LogP contribution < -0.4 is 5.73 Å². The van der Waals surface area contributed by atoms with Crippen LogP contribution in [0.5, 0.6) is 0 Å². The van der Waals surface area contributed by atoms with Crippen LogP contribution in [0.2, 0.25) is 0 Å². The standard InChI is InChI=1S/C12H17NO2/c1-9-4-3-5-10(6-9)11(8-13)7-12(14)15-2/h3-6,11H,7-8,13H2,1-2H3. The minimum atomic E-state index is -0.216. The molecule has 3 heteroatoms. The lowest BCUT2D eigenvalue weighted by atomic mass is 9.95. The van der Waals surface area contributed by atoms with Crippen LogP contribution in [0.25, 0.3) is 0 Å². The number of esters is 1. The van der Waals surface area contributed by atoms with E-state index in [0.717, 1.165) is 5.56 Å². The molecule has 1 unspecified atom stereocenters. The maximum Gasteiger partial charge on any atom is 0.306 e. The molecule has 0 aliphatic carbocycles. The van der Waals surface area contributed by atoms with E-state index >= 15 is 0 Å². The molecule has 3 nitrogen and oxygen atoms in total. The van der Waals surface area contributed by atoms with E-state index in [-0.39, 0.29) is 11.9 Å². The summed E-state index contributed by atoms with van der Waals surface area (Å²) < 4.78 is 4.64. The quantitative estimate of drug-likeness (QED) is 0.763. The van der Waals surface area contributed by atoms with Crippen molar-refractivity contribution in [3.05, 3.63) is 35.4 Å². The molecule has 1 aromatic carbocycles. The molecule has 82 valence electrons. The van der Waals surface area contributed by atoms with Gasteiger partial charge in [-0.1, -0.05) is 29.8 Å². The first-order chi connectivity index (χ1) is 7.17. The highest BCUT2D eigenvalue weighted by atomic mass is 16.5. The van der Waals surface area contributed by atoms with E-state index in [0.29, 0.717) is 13.0 Å². The van der Waals surface area contributed by atoms with E-state index in [4.69, 9.17) is 5.73 Å². The highest BCUT2D eigenvalue weighted by Gasteiger charge is 2.14. The molecule has 0 fully saturated rings. The fraction of sp³-hybridized carbons (Fsp3) is 0.417. The Bertz CT molecular complexity index is 336. The number of ether oxygens (including phenoxy) is 1. The van der Waals surface area contributed by atoms with Crippen molar-refractivity contribution in [2.75, 3.05) is 13.7 Å². The maximum absolute atomic E-state index is 11.2. The zero-order chi connectivity index (χ0) is 11.3. The van der Waals surface area contributed by atoms with Gasteiger partial charge in [-0.25, -0.2) is 0 Å². The van der Waals surface area contributed by atoms with Crippen LogP contribution >= 0.6 is 0 Å². The van der Waals surface area contributed by atoms with E-state index in [1.165, 1.54) is 12.7 Å². The lowest BCUT2D eigenvalue weighted by Crippen LogP contribution is -2.17. The van der Waals surface area contributed by atoms with E-state index in [1.54, 1.807) is 0 Å². The first-order valence-electron chi connectivity index (χ1n) is 5.00. The van der Waals surface area contributed by atoms with Crippen molar-refractivity contribution in [2.24, 2.45) is 5.73 Å². The van der Waals surface area contributed by atoms with Crippen molar-refractivity contribution in [1.29, 1.82) is 0 Å². The summed E-state index contributed by atoms with van der Waals surface area (Å²) in [6.45, 7) is 2.48. The summed E-state index contributed by atoms with van der Waals surface area (Å²) in [6, 6.07) is 8.05. The fourth-order valence-corrected chi connectivity index (χ4v) is 1.55. The molecule has 0 saturated heterocycles. The fourth-order valence-electron chi connectivity index (χ4n) is 1.55. The van der Waals surface area contributed by atoms with Crippen molar-refractivity contribution in [1.82, 2.24) is 0 Å². The SMILES string of the molecule is COC(=O)CC(CN)c1cccc(C)c1. The summed E-state index contributed by atoms with van der Waals surface area (Å²) >= 11 is 0.